The van der Waals surface area contributed by atoms with Crippen LogP contribution in [0.15, 0.2) is 39.7 Å². The molecule has 0 aliphatic rings. The van der Waals surface area contributed by atoms with Gasteiger partial charge in [-0.2, -0.15) is 5.10 Å². The minimum absolute atomic E-state index is 0.142. The third-order valence-electron chi connectivity index (χ3n) is 3.36. The summed E-state index contributed by atoms with van der Waals surface area (Å²) in [5.74, 6) is -0.595. The summed E-state index contributed by atoms with van der Waals surface area (Å²) in [5, 5.41) is 6.91. The number of rotatable bonds is 5. The van der Waals surface area contributed by atoms with Crippen LogP contribution in [0.2, 0.25) is 0 Å². The Morgan fingerprint density at radius 1 is 1.35 bits per heavy atom. The minimum atomic E-state index is -0.580. The average Bonchev–Trinajstić information content (AvgIpc) is 3.26. The lowest BCUT2D eigenvalue weighted by Gasteiger charge is -2.05. The highest BCUT2D eigenvalue weighted by atomic mass is 32.1. The fourth-order valence-electron chi connectivity index (χ4n) is 2.15. The Kier molecular flexibility index (Phi) is 4.94. The van der Waals surface area contributed by atoms with Crippen LogP contribution in [0.3, 0.4) is 0 Å². The molecule has 0 saturated carbocycles. The van der Waals surface area contributed by atoms with Gasteiger partial charge in [0.2, 0.25) is 5.91 Å². The number of furan rings is 1. The van der Waals surface area contributed by atoms with Crippen molar-refractivity contribution in [2.24, 2.45) is 0 Å². The van der Waals surface area contributed by atoms with E-state index in [1.807, 2.05) is 0 Å². The minimum Gasteiger partial charge on any atom is -0.464 e. The largest absolute Gasteiger partial charge is 0.464 e. The number of aryl methyl sites for hydroxylation is 1. The number of carbonyl (C=O) groups is 2. The van der Waals surface area contributed by atoms with Crippen molar-refractivity contribution in [1.29, 1.82) is 0 Å². The number of carbonyl (C=O) groups excluding carboxylic acids is 2. The lowest BCUT2D eigenvalue weighted by Crippen LogP contribution is -2.29. The standard InChI is InChI=1S/C16H14N4O5S/c1-9-14(15(23)24-2)18-16(26-9)17-12(21)8-20-13(22)6-5-10(19-20)11-4-3-7-25-11/h3-7H,8H2,1-2H3,(H,17,18,21). The predicted octanol–water partition coefficient (Wildman–Crippen LogP) is 1.69. The van der Waals surface area contributed by atoms with E-state index in [0.717, 1.165) is 16.0 Å². The topological polar surface area (TPSA) is 116 Å². The maximum Gasteiger partial charge on any atom is 0.357 e. The van der Waals surface area contributed by atoms with E-state index in [1.54, 1.807) is 19.1 Å². The van der Waals surface area contributed by atoms with Crippen LogP contribution < -0.4 is 10.9 Å². The average molecular weight is 374 g/mol. The molecule has 3 heterocycles. The molecule has 0 bridgehead atoms. The molecule has 1 N–H and O–H groups in total. The maximum absolute atomic E-state index is 12.2. The number of nitrogens with zero attached hydrogens (tertiary/aromatic N) is 3. The molecule has 0 radical (unpaired) electrons. The van der Waals surface area contributed by atoms with E-state index < -0.39 is 17.4 Å². The van der Waals surface area contributed by atoms with Gasteiger partial charge in [0.15, 0.2) is 16.6 Å². The van der Waals surface area contributed by atoms with E-state index in [9.17, 15) is 14.4 Å². The fourth-order valence-corrected chi connectivity index (χ4v) is 2.97. The van der Waals surface area contributed by atoms with E-state index >= 15 is 0 Å². The molecule has 0 unspecified atom stereocenters. The molecular weight excluding hydrogens is 360 g/mol. The van der Waals surface area contributed by atoms with Crippen LogP contribution in [-0.2, 0) is 16.1 Å². The Morgan fingerprint density at radius 2 is 2.15 bits per heavy atom. The first-order chi connectivity index (χ1) is 12.5. The summed E-state index contributed by atoms with van der Waals surface area (Å²) >= 11 is 1.14. The van der Waals surface area contributed by atoms with Gasteiger partial charge in [0.05, 0.1) is 13.4 Å². The first-order valence-corrected chi connectivity index (χ1v) is 8.27. The van der Waals surface area contributed by atoms with Crippen LogP contribution in [-0.4, -0.2) is 33.8 Å². The number of anilines is 1. The van der Waals surface area contributed by atoms with Gasteiger partial charge in [-0.3, -0.25) is 9.59 Å². The summed E-state index contributed by atoms with van der Waals surface area (Å²) in [7, 11) is 1.25. The van der Waals surface area contributed by atoms with E-state index in [1.165, 1.54) is 25.5 Å². The summed E-state index contributed by atoms with van der Waals surface area (Å²) in [5.41, 5.74) is 0.143. The van der Waals surface area contributed by atoms with Crippen LogP contribution in [0.25, 0.3) is 11.5 Å². The molecule has 1 amide bonds. The molecule has 0 aromatic carbocycles. The molecule has 0 fully saturated rings. The van der Waals surface area contributed by atoms with Crippen molar-refractivity contribution >= 4 is 28.3 Å². The van der Waals surface area contributed by atoms with Gasteiger partial charge < -0.3 is 14.5 Å². The first kappa shape index (κ1) is 17.5. The van der Waals surface area contributed by atoms with Crippen molar-refractivity contribution in [3.05, 3.63) is 51.5 Å². The van der Waals surface area contributed by atoms with Gasteiger partial charge in [-0.1, -0.05) is 0 Å². The molecule has 10 heteroatoms. The molecule has 0 saturated heterocycles. The molecule has 9 nitrogen and oxygen atoms in total. The van der Waals surface area contributed by atoms with Crippen molar-refractivity contribution in [1.82, 2.24) is 14.8 Å². The Labute approximate surface area is 151 Å². The second-order valence-corrected chi connectivity index (χ2v) is 6.36. The highest BCUT2D eigenvalue weighted by molar-refractivity contribution is 7.16. The number of nitrogens with one attached hydrogen (secondary N) is 1. The number of hydrogen-bond donors (Lipinski definition) is 1. The van der Waals surface area contributed by atoms with Crippen LogP contribution in [0.5, 0.6) is 0 Å². The van der Waals surface area contributed by atoms with E-state index in [0.29, 0.717) is 16.3 Å². The maximum atomic E-state index is 12.2. The van der Waals surface area contributed by atoms with Crippen molar-refractivity contribution in [2.75, 3.05) is 12.4 Å². The normalized spacial score (nSPS) is 10.5. The lowest BCUT2D eigenvalue weighted by atomic mass is 10.3. The SMILES string of the molecule is COC(=O)c1nc(NC(=O)Cn2nc(-c3ccco3)ccc2=O)sc1C. The molecule has 0 aliphatic carbocycles. The van der Waals surface area contributed by atoms with Crippen LogP contribution in [0.4, 0.5) is 5.13 Å². The van der Waals surface area contributed by atoms with Gasteiger partial charge in [0, 0.05) is 10.9 Å². The number of amides is 1. The third-order valence-corrected chi connectivity index (χ3v) is 4.24. The number of esters is 1. The highest BCUT2D eigenvalue weighted by Gasteiger charge is 2.17. The Bertz CT molecular complexity index is 1010. The second-order valence-electron chi connectivity index (χ2n) is 5.16. The molecule has 134 valence electrons. The molecule has 26 heavy (non-hydrogen) atoms. The van der Waals surface area contributed by atoms with Crippen molar-refractivity contribution in [2.45, 2.75) is 13.5 Å². The Hall–Kier alpha value is -3.27. The predicted molar refractivity (Wildman–Crippen MR) is 93.0 cm³/mol. The van der Waals surface area contributed by atoms with Crippen LogP contribution in [0, 0.1) is 6.92 Å². The Balaban J connectivity index is 1.75. The number of thiazole rings is 1. The van der Waals surface area contributed by atoms with Crippen molar-refractivity contribution < 1.29 is 18.7 Å². The summed E-state index contributed by atoms with van der Waals surface area (Å²) in [6, 6.07) is 6.22. The van der Waals surface area contributed by atoms with Gasteiger partial charge in [0.1, 0.15) is 12.2 Å². The molecule has 3 aromatic rings. The molecule has 3 aromatic heterocycles. The van der Waals surface area contributed by atoms with Crippen molar-refractivity contribution in [3.8, 4) is 11.5 Å². The summed E-state index contributed by atoms with van der Waals surface area (Å²) < 4.78 is 10.9. The van der Waals surface area contributed by atoms with Gasteiger partial charge in [-0.05, 0) is 25.1 Å². The number of hydrogen-bond acceptors (Lipinski definition) is 8. The number of ether oxygens (including phenoxy) is 1. The summed E-state index contributed by atoms with van der Waals surface area (Å²) in [4.78, 5) is 40.3. The molecule has 3 rings (SSSR count). The summed E-state index contributed by atoms with van der Waals surface area (Å²) in [6.45, 7) is 1.39. The molecule has 0 atom stereocenters. The van der Waals surface area contributed by atoms with E-state index in [2.05, 4.69) is 20.1 Å². The van der Waals surface area contributed by atoms with E-state index in [-0.39, 0.29) is 17.4 Å². The molecular formula is C16H14N4O5S. The fraction of sp³-hybridized carbons (Fsp3) is 0.188. The highest BCUT2D eigenvalue weighted by Crippen LogP contribution is 2.22. The van der Waals surface area contributed by atoms with Crippen molar-refractivity contribution in [3.63, 3.8) is 0 Å². The zero-order valence-corrected chi connectivity index (χ0v) is 14.7. The third kappa shape index (κ3) is 3.70. The monoisotopic (exact) mass is 374 g/mol. The zero-order valence-electron chi connectivity index (χ0n) is 13.9. The Morgan fingerprint density at radius 3 is 2.85 bits per heavy atom. The number of methoxy groups -OCH3 is 1. The van der Waals surface area contributed by atoms with Crippen LogP contribution >= 0.6 is 11.3 Å². The van der Waals surface area contributed by atoms with E-state index in [4.69, 9.17) is 4.42 Å². The molecule has 0 spiro atoms. The second kappa shape index (κ2) is 7.31. The smallest absolute Gasteiger partial charge is 0.357 e. The van der Waals surface area contributed by atoms with Crippen LogP contribution in [0.1, 0.15) is 15.4 Å². The number of aromatic nitrogens is 3. The van der Waals surface area contributed by atoms with Gasteiger partial charge in [-0.15, -0.1) is 11.3 Å². The first-order valence-electron chi connectivity index (χ1n) is 7.45. The summed E-state index contributed by atoms with van der Waals surface area (Å²) in [6.07, 6.45) is 1.49. The van der Waals surface area contributed by atoms with Gasteiger partial charge in [-0.25, -0.2) is 14.5 Å². The molecule has 0 aliphatic heterocycles. The van der Waals surface area contributed by atoms with Gasteiger partial charge >= 0.3 is 5.97 Å². The quantitative estimate of drug-likeness (QED) is 0.676. The zero-order chi connectivity index (χ0) is 18.7. The van der Waals surface area contributed by atoms with Gasteiger partial charge in [0.25, 0.3) is 5.56 Å². The lowest BCUT2D eigenvalue weighted by molar-refractivity contribution is -0.117.